The zero-order valence-electron chi connectivity index (χ0n) is 13.6. The van der Waals surface area contributed by atoms with Gasteiger partial charge in [-0.1, -0.05) is 0 Å². The molecule has 2 rings (SSSR count). The number of amides is 2. The molecule has 2 N–H and O–H groups in total. The Balaban J connectivity index is 1.88. The number of methoxy groups -OCH3 is 1. The predicted molar refractivity (Wildman–Crippen MR) is 82.0 cm³/mol. The number of furan rings is 2. The van der Waals surface area contributed by atoms with Gasteiger partial charge in [0.05, 0.1) is 19.7 Å². The quantitative estimate of drug-likeness (QED) is 0.826. The summed E-state index contributed by atoms with van der Waals surface area (Å²) in [7, 11) is 1.30. The van der Waals surface area contributed by atoms with Crippen molar-refractivity contribution in [1.82, 2.24) is 10.6 Å². The molecule has 7 heteroatoms. The molecule has 0 aliphatic carbocycles. The Labute approximate surface area is 134 Å². The first-order valence-corrected chi connectivity index (χ1v) is 7.19. The molecule has 0 spiro atoms. The number of rotatable bonds is 5. The Morgan fingerprint density at radius 2 is 2.00 bits per heavy atom. The molecular formula is C16H20N2O5. The summed E-state index contributed by atoms with van der Waals surface area (Å²) in [5, 5.41) is 5.42. The van der Waals surface area contributed by atoms with Crippen molar-refractivity contribution in [1.29, 1.82) is 0 Å². The lowest BCUT2D eigenvalue weighted by atomic mass is 10.2. The maximum atomic E-state index is 11.9. The smallest absolute Gasteiger partial charge is 0.341 e. The highest BCUT2D eigenvalue weighted by atomic mass is 16.5. The second-order valence-electron chi connectivity index (χ2n) is 5.17. The third kappa shape index (κ3) is 4.15. The molecule has 0 aromatic carbocycles. The van der Waals surface area contributed by atoms with Gasteiger partial charge in [-0.25, -0.2) is 9.59 Å². The van der Waals surface area contributed by atoms with Gasteiger partial charge < -0.3 is 24.2 Å². The van der Waals surface area contributed by atoms with Crippen LogP contribution in [0.15, 0.2) is 27.0 Å². The molecular weight excluding hydrogens is 300 g/mol. The summed E-state index contributed by atoms with van der Waals surface area (Å²) in [6.45, 7) is 5.49. The lowest BCUT2D eigenvalue weighted by Gasteiger charge is -2.12. The maximum absolute atomic E-state index is 11.9. The molecule has 0 radical (unpaired) electrons. The van der Waals surface area contributed by atoms with Crippen LogP contribution in [-0.2, 0) is 11.3 Å². The monoisotopic (exact) mass is 320 g/mol. The summed E-state index contributed by atoms with van der Waals surface area (Å²) < 4.78 is 15.5. The average molecular weight is 320 g/mol. The number of carbonyl (C=O) groups excluding carboxylic acids is 2. The highest BCUT2D eigenvalue weighted by Gasteiger charge is 2.16. The Kier molecular flexibility index (Phi) is 5.10. The van der Waals surface area contributed by atoms with E-state index in [1.807, 2.05) is 26.0 Å². The molecule has 0 aliphatic heterocycles. The second-order valence-corrected chi connectivity index (χ2v) is 5.17. The predicted octanol–water partition coefficient (Wildman–Crippen LogP) is 2.84. The van der Waals surface area contributed by atoms with Crippen molar-refractivity contribution in [2.75, 3.05) is 7.11 Å². The van der Waals surface area contributed by atoms with Crippen LogP contribution in [0.2, 0.25) is 0 Å². The van der Waals surface area contributed by atoms with E-state index in [1.165, 1.54) is 7.11 Å². The number of ether oxygens (including phenoxy) is 1. The first-order chi connectivity index (χ1) is 10.9. The number of hydrogen-bond donors (Lipinski definition) is 2. The molecule has 0 fully saturated rings. The van der Waals surface area contributed by atoms with Gasteiger partial charge in [0.2, 0.25) is 0 Å². The molecule has 2 heterocycles. The summed E-state index contributed by atoms with van der Waals surface area (Å²) in [4.78, 5) is 23.4. The number of urea groups is 1. The van der Waals surface area contributed by atoms with Crippen LogP contribution >= 0.6 is 0 Å². The molecule has 7 nitrogen and oxygen atoms in total. The maximum Gasteiger partial charge on any atom is 0.341 e. The number of aryl methyl sites for hydroxylation is 2. The minimum atomic E-state index is -0.469. The average Bonchev–Trinajstić information content (AvgIpc) is 3.10. The molecule has 0 saturated carbocycles. The van der Waals surface area contributed by atoms with Gasteiger partial charge in [-0.2, -0.15) is 0 Å². The second kappa shape index (κ2) is 7.04. The Morgan fingerprint density at radius 1 is 1.26 bits per heavy atom. The minimum absolute atomic E-state index is 0.160. The van der Waals surface area contributed by atoms with Gasteiger partial charge in [-0.3, -0.25) is 0 Å². The van der Waals surface area contributed by atoms with Crippen molar-refractivity contribution in [3.63, 3.8) is 0 Å². The van der Waals surface area contributed by atoms with Gasteiger partial charge in [0, 0.05) is 0 Å². The summed E-state index contributed by atoms with van der Waals surface area (Å²) in [5.41, 5.74) is 0.351. The van der Waals surface area contributed by atoms with Gasteiger partial charge in [-0.05, 0) is 39.0 Å². The summed E-state index contributed by atoms with van der Waals surface area (Å²) >= 11 is 0. The Bertz CT molecular complexity index is 701. The van der Waals surface area contributed by atoms with E-state index in [2.05, 4.69) is 15.4 Å². The minimum Gasteiger partial charge on any atom is -0.465 e. The van der Waals surface area contributed by atoms with E-state index >= 15 is 0 Å². The normalized spacial score (nSPS) is 11.8. The van der Waals surface area contributed by atoms with Gasteiger partial charge in [0.15, 0.2) is 0 Å². The van der Waals surface area contributed by atoms with Crippen LogP contribution in [0, 0.1) is 13.8 Å². The van der Waals surface area contributed by atoms with Crippen LogP contribution in [0.3, 0.4) is 0 Å². The fourth-order valence-electron chi connectivity index (χ4n) is 2.12. The molecule has 23 heavy (non-hydrogen) atoms. The highest BCUT2D eigenvalue weighted by molar-refractivity contribution is 5.90. The fourth-order valence-corrected chi connectivity index (χ4v) is 2.12. The molecule has 0 unspecified atom stereocenters. The number of esters is 1. The lowest BCUT2D eigenvalue weighted by molar-refractivity contribution is 0.0598. The molecule has 2 aromatic heterocycles. The van der Waals surface area contributed by atoms with Crippen molar-refractivity contribution >= 4 is 12.0 Å². The van der Waals surface area contributed by atoms with Crippen molar-refractivity contribution in [3.05, 3.63) is 46.8 Å². The van der Waals surface area contributed by atoms with E-state index in [0.29, 0.717) is 22.8 Å². The zero-order valence-corrected chi connectivity index (χ0v) is 13.6. The first-order valence-electron chi connectivity index (χ1n) is 7.19. The number of hydrogen-bond acceptors (Lipinski definition) is 5. The fraction of sp³-hybridized carbons (Fsp3) is 0.375. The van der Waals surface area contributed by atoms with Crippen LogP contribution in [0.5, 0.6) is 0 Å². The first kappa shape index (κ1) is 16.7. The van der Waals surface area contributed by atoms with E-state index in [1.54, 1.807) is 13.0 Å². The third-order valence-electron chi connectivity index (χ3n) is 3.33. The van der Waals surface area contributed by atoms with Crippen molar-refractivity contribution in [3.8, 4) is 0 Å². The number of carbonyl (C=O) groups is 2. The van der Waals surface area contributed by atoms with Crippen LogP contribution in [0.25, 0.3) is 0 Å². The molecule has 2 aromatic rings. The highest BCUT2D eigenvalue weighted by Crippen LogP contribution is 2.16. The molecule has 2 amide bonds. The van der Waals surface area contributed by atoms with E-state index in [0.717, 1.165) is 5.76 Å². The molecule has 0 bridgehead atoms. The van der Waals surface area contributed by atoms with Crippen LogP contribution in [-0.4, -0.2) is 19.1 Å². The largest absolute Gasteiger partial charge is 0.465 e. The zero-order chi connectivity index (χ0) is 17.0. The Hall–Kier alpha value is -2.70. The summed E-state index contributed by atoms with van der Waals surface area (Å²) in [5.74, 6) is 1.92. The van der Waals surface area contributed by atoms with Crippen LogP contribution in [0.4, 0.5) is 4.79 Å². The van der Waals surface area contributed by atoms with Crippen molar-refractivity contribution in [2.45, 2.75) is 33.4 Å². The molecule has 1 atom stereocenters. The molecule has 0 saturated heterocycles. The van der Waals surface area contributed by atoms with Crippen LogP contribution < -0.4 is 10.6 Å². The van der Waals surface area contributed by atoms with Crippen LogP contribution in [0.1, 0.15) is 46.4 Å². The summed E-state index contributed by atoms with van der Waals surface area (Å²) in [6, 6.07) is 4.60. The number of nitrogens with one attached hydrogen (secondary N) is 2. The molecule has 124 valence electrons. The van der Waals surface area contributed by atoms with Crippen molar-refractivity contribution in [2.24, 2.45) is 0 Å². The van der Waals surface area contributed by atoms with E-state index in [4.69, 9.17) is 8.83 Å². The van der Waals surface area contributed by atoms with Gasteiger partial charge in [-0.15, -0.1) is 0 Å². The molecule has 0 aliphatic rings. The van der Waals surface area contributed by atoms with E-state index in [-0.39, 0.29) is 18.6 Å². The topological polar surface area (TPSA) is 93.7 Å². The SMILES string of the molecule is COC(=O)c1cc(CNC(=O)N[C@H](C)c2ccc(C)o2)oc1C. The van der Waals surface area contributed by atoms with E-state index < -0.39 is 5.97 Å². The van der Waals surface area contributed by atoms with Gasteiger partial charge in [0.25, 0.3) is 0 Å². The Morgan fingerprint density at radius 3 is 2.61 bits per heavy atom. The summed E-state index contributed by atoms with van der Waals surface area (Å²) in [6.07, 6.45) is 0. The van der Waals surface area contributed by atoms with Gasteiger partial charge >= 0.3 is 12.0 Å². The van der Waals surface area contributed by atoms with E-state index in [9.17, 15) is 9.59 Å². The van der Waals surface area contributed by atoms with Crippen molar-refractivity contribution < 1.29 is 23.2 Å². The third-order valence-corrected chi connectivity index (χ3v) is 3.33. The standard InChI is InChI=1S/C16H20N2O5/c1-9-5-6-14(22-9)10(2)18-16(20)17-8-12-7-13(11(3)23-12)15(19)21-4/h5-7,10H,8H2,1-4H3,(H2,17,18,20)/t10-/m1/s1. The van der Waals surface area contributed by atoms with Gasteiger partial charge in [0.1, 0.15) is 28.6 Å². The lowest BCUT2D eigenvalue weighted by Crippen LogP contribution is -2.36.